The molecule has 0 heterocycles. The summed E-state index contributed by atoms with van der Waals surface area (Å²) in [6.45, 7) is 2.14. The maximum absolute atomic E-state index is 12.9. The third-order valence-electron chi connectivity index (χ3n) is 3.91. The van der Waals surface area contributed by atoms with E-state index in [1.807, 2.05) is 12.1 Å². The van der Waals surface area contributed by atoms with Crippen molar-refractivity contribution in [2.45, 2.75) is 31.8 Å². The van der Waals surface area contributed by atoms with Gasteiger partial charge in [-0.25, -0.2) is 4.39 Å². The predicted molar refractivity (Wildman–Crippen MR) is 75.6 cm³/mol. The maximum Gasteiger partial charge on any atom is 0.123 e. The molecule has 0 aliphatic heterocycles. The van der Waals surface area contributed by atoms with E-state index in [1.165, 1.54) is 23.3 Å². The van der Waals surface area contributed by atoms with Gasteiger partial charge in [-0.05, 0) is 48.6 Å². The zero-order valence-electron chi connectivity index (χ0n) is 11.1. The van der Waals surface area contributed by atoms with Gasteiger partial charge in [-0.15, -0.1) is 0 Å². The Morgan fingerprint density at radius 3 is 2.16 bits per heavy atom. The molecule has 1 N–H and O–H groups in total. The number of benzene rings is 2. The highest BCUT2D eigenvalue weighted by Gasteiger charge is 2.22. The van der Waals surface area contributed by atoms with E-state index in [9.17, 15) is 4.39 Å². The first-order valence-corrected chi connectivity index (χ1v) is 6.80. The minimum atomic E-state index is -0.177. The number of hydrogen-bond donors (Lipinski definition) is 1. The molecule has 0 saturated carbocycles. The maximum atomic E-state index is 12.9. The van der Waals surface area contributed by atoms with Crippen LogP contribution >= 0.6 is 0 Å². The van der Waals surface area contributed by atoms with Gasteiger partial charge < -0.3 is 5.32 Å². The molecular formula is C17H18FN. The summed E-state index contributed by atoms with van der Waals surface area (Å²) in [6.07, 6.45) is 2.17. The molecule has 0 aromatic heterocycles. The highest BCUT2D eigenvalue weighted by atomic mass is 19.1. The van der Waals surface area contributed by atoms with Gasteiger partial charge in [0.1, 0.15) is 5.82 Å². The fraction of sp³-hybridized carbons (Fsp3) is 0.294. The van der Waals surface area contributed by atoms with Crippen molar-refractivity contribution >= 4 is 0 Å². The molecule has 98 valence electrons. The lowest BCUT2D eigenvalue weighted by molar-refractivity contribution is 0.467. The second-order valence-corrected chi connectivity index (χ2v) is 5.31. The lowest BCUT2D eigenvalue weighted by Crippen LogP contribution is -2.32. The molecule has 0 bridgehead atoms. The van der Waals surface area contributed by atoms with Crippen LogP contribution in [0.3, 0.4) is 0 Å². The van der Waals surface area contributed by atoms with Crippen LogP contribution in [0, 0.1) is 5.82 Å². The molecule has 1 aliphatic rings. The van der Waals surface area contributed by atoms with Crippen molar-refractivity contribution < 1.29 is 4.39 Å². The minimum absolute atomic E-state index is 0.177. The molecule has 0 fully saturated rings. The molecule has 19 heavy (non-hydrogen) atoms. The van der Waals surface area contributed by atoms with E-state index in [1.54, 1.807) is 0 Å². The summed E-state index contributed by atoms with van der Waals surface area (Å²) < 4.78 is 12.9. The zero-order chi connectivity index (χ0) is 13.2. The quantitative estimate of drug-likeness (QED) is 0.883. The van der Waals surface area contributed by atoms with Crippen molar-refractivity contribution in [2.24, 2.45) is 0 Å². The molecule has 0 saturated heterocycles. The number of hydrogen-bond acceptors (Lipinski definition) is 1. The van der Waals surface area contributed by atoms with Gasteiger partial charge in [-0.3, -0.25) is 0 Å². The molecule has 2 aromatic carbocycles. The van der Waals surface area contributed by atoms with Gasteiger partial charge >= 0.3 is 0 Å². The first kappa shape index (κ1) is 12.4. The average molecular weight is 255 g/mol. The predicted octanol–water partition coefficient (Wildman–Crippen LogP) is 3.64. The van der Waals surface area contributed by atoms with Gasteiger partial charge in [0.25, 0.3) is 0 Å². The van der Waals surface area contributed by atoms with Crippen LogP contribution in [-0.2, 0) is 12.8 Å². The van der Waals surface area contributed by atoms with E-state index in [0.717, 1.165) is 18.4 Å². The minimum Gasteiger partial charge on any atom is -0.307 e. The van der Waals surface area contributed by atoms with Crippen molar-refractivity contribution in [2.75, 3.05) is 0 Å². The molecule has 0 radical (unpaired) electrons. The Bertz CT molecular complexity index is 537. The molecule has 2 heteroatoms. The van der Waals surface area contributed by atoms with Crippen molar-refractivity contribution in [3.05, 3.63) is 71.0 Å². The smallest absolute Gasteiger partial charge is 0.123 e. The van der Waals surface area contributed by atoms with E-state index < -0.39 is 0 Å². The Kier molecular flexibility index (Phi) is 3.34. The van der Waals surface area contributed by atoms with E-state index in [0.29, 0.717) is 6.04 Å². The number of halogens is 1. The van der Waals surface area contributed by atoms with Gasteiger partial charge in [0, 0.05) is 12.1 Å². The average Bonchev–Trinajstić information content (AvgIpc) is 2.81. The summed E-state index contributed by atoms with van der Waals surface area (Å²) in [5.41, 5.74) is 4.04. The summed E-state index contributed by atoms with van der Waals surface area (Å²) in [4.78, 5) is 0. The van der Waals surface area contributed by atoms with Crippen LogP contribution in [0.2, 0.25) is 0 Å². The number of nitrogens with one attached hydrogen (secondary N) is 1. The van der Waals surface area contributed by atoms with Crippen LogP contribution in [0.4, 0.5) is 4.39 Å². The van der Waals surface area contributed by atoms with Crippen LogP contribution in [0.25, 0.3) is 0 Å². The Labute approximate surface area is 113 Å². The molecule has 1 aliphatic carbocycles. The Hall–Kier alpha value is -1.67. The Morgan fingerprint density at radius 1 is 1.00 bits per heavy atom. The first-order valence-electron chi connectivity index (χ1n) is 6.80. The summed E-state index contributed by atoms with van der Waals surface area (Å²) in [5, 5.41) is 3.64. The van der Waals surface area contributed by atoms with Crippen molar-refractivity contribution in [3.63, 3.8) is 0 Å². The fourth-order valence-corrected chi connectivity index (χ4v) is 2.88. The third kappa shape index (κ3) is 2.69. The number of rotatable bonds is 3. The van der Waals surface area contributed by atoms with Gasteiger partial charge in [0.2, 0.25) is 0 Å². The van der Waals surface area contributed by atoms with Gasteiger partial charge in [-0.1, -0.05) is 36.4 Å². The summed E-state index contributed by atoms with van der Waals surface area (Å²) in [6, 6.07) is 16.1. The van der Waals surface area contributed by atoms with E-state index in [2.05, 4.69) is 36.5 Å². The van der Waals surface area contributed by atoms with Crippen molar-refractivity contribution in [3.8, 4) is 0 Å². The normalized spacial score (nSPS) is 16.3. The molecule has 1 atom stereocenters. The van der Waals surface area contributed by atoms with Crippen molar-refractivity contribution in [1.82, 2.24) is 5.32 Å². The van der Waals surface area contributed by atoms with Crippen LogP contribution in [0.15, 0.2) is 48.5 Å². The highest BCUT2D eigenvalue weighted by Crippen LogP contribution is 2.24. The van der Waals surface area contributed by atoms with E-state index in [-0.39, 0.29) is 11.9 Å². The summed E-state index contributed by atoms with van der Waals surface area (Å²) >= 11 is 0. The van der Waals surface area contributed by atoms with E-state index in [4.69, 9.17) is 0 Å². The van der Waals surface area contributed by atoms with Crippen LogP contribution in [-0.4, -0.2) is 6.04 Å². The monoisotopic (exact) mass is 255 g/mol. The summed E-state index contributed by atoms with van der Waals surface area (Å²) in [5.74, 6) is -0.177. The molecule has 0 spiro atoms. The molecule has 2 aromatic rings. The van der Waals surface area contributed by atoms with Gasteiger partial charge in [0.15, 0.2) is 0 Å². The largest absolute Gasteiger partial charge is 0.307 e. The fourth-order valence-electron chi connectivity index (χ4n) is 2.88. The Morgan fingerprint density at radius 2 is 1.58 bits per heavy atom. The van der Waals surface area contributed by atoms with Crippen LogP contribution < -0.4 is 5.32 Å². The highest BCUT2D eigenvalue weighted by molar-refractivity contribution is 5.33. The Balaban J connectivity index is 1.66. The topological polar surface area (TPSA) is 12.0 Å². The third-order valence-corrected chi connectivity index (χ3v) is 3.91. The van der Waals surface area contributed by atoms with Crippen LogP contribution in [0.5, 0.6) is 0 Å². The molecule has 1 unspecified atom stereocenters. The first-order chi connectivity index (χ1) is 9.22. The van der Waals surface area contributed by atoms with Gasteiger partial charge in [0.05, 0.1) is 0 Å². The van der Waals surface area contributed by atoms with Crippen LogP contribution in [0.1, 0.15) is 29.7 Å². The second-order valence-electron chi connectivity index (χ2n) is 5.31. The second kappa shape index (κ2) is 5.14. The lowest BCUT2D eigenvalue weighted by atomic mass is 10.1. The van der Waals surface area contributed by atoms with Gasteiger partial charge in [-0.2, -0.15) is 0 Å². The standard InChI is InChI=1S/C17H18FN/c1-12(13-6-8-16(18)9-7-13)19-17-10-14-4-2-3-5-15(14)11-17/h2-9,12,17,19H,10-11H2,1H3. The summed E-state index contributed by atoms with van der Waals surface area (Å²) in [7, 11) is 0. The lowest BCUT2D eigenvalue weighted by Gasteiger charge is -2.19. The molecule has 0 amide bonds. The molecule has 1 nitrogen and oxygen atoms in total. The number of fused-ring (bicyclic) bond motifs is 1. The molecular weight excluding hydrogens is 237 g/mol. The SMILES string of the molecule is CC(NC1Cc2ccccc2C1)c1ccc(F)cc1. The van der Waals surface area contributed by atoms with E-state index >= 15 is 0 Å². The molecule has 3 rings (SSSR count). The van der Waals surface area contributed by atoms with Crippen molar-refractivity contribution in [1.29, 1.82) is 0 Å². The zero-order valence-corrected chi connectivity index (χ0v) is 11.1.